The van der Waals surface area contributed by atoms with Crippen molar-refractivity contribution >= 4 is 0 Å². The molecule has 8 heteroatoms. The third-order valence-electron chi connectivity index (χ3n) is 6.71. The van der Waals surface area contributed by atoms with Crippen LogP contribution in [0.4, 0.5) is 4.39 Å². The summed E-state index contributed by atoms with van der Waals surface area (Å²) in [5, 5.41) is 55.5. The van der Waals surface area contributed by atoms with Crippen molar-refractivity contribution in [2.45, 2.75) is 51.4 Å². The second kappa shape index (κ2) is 15.1. The van der Waals surface area contributed by atoms with Crippen LogP contribution >= 0.6 is 0 Å². The third-order valence-corrected chi connectivity index (χ3v) is 6.71. The van der Waals surface area contributed by atoms with Crippen molar-refractivity contribution in [2.24, 2.45) is 0 Å². The van der Waals surface area contributed by atoms with Gasteiger partial charge in [0.2, 0.25) is 0 Å². The monoisotopic (exact) mass is 526 g/mol. The zero-order valence-corrected chi connectivity index (χ0v) is 21.7. The molecular weight excluding hydrogens is 487 g/mol. The van der Waals surface area contributed by atoms with Crippen molar-refractivity contribution in [3.8, 4) is 28.7 Å². The van der Waals surface area contributed by atoms with E-state index >= 15 is 0 Å². The molecule has 0 aliphatic heterocycles. The molecule has 0 saturated carbocycles. The first-order chi connectivity index (χ1) is 18.4. The summed E-state index contributed by atoms with van der Waals surface area (Å²) in [7, 11) is 0. The van der Waals surface area contributed by atoms with Gasteiger partial charge in [-0.15, -0.1) is 0 Å². The number of phenols is 5. The highest BCUT2D eigenvalue weighted by molar-refractivity contribution is 5.49. The minimum atomic E-state index is -0.758. The second-order valence-corrected chi connectivity index (χ2v) is 9.56. The van der Waals surface area contributed by atoms with Crippen molar-refractivity contribution in [2.75, 3.05) is 26.2 Å². The Balaban J connectivity index is 1.27. The third kappa shape index (κ3) is 8.82. The van der Waals surface area contributed by atoms with E-state index in [1.165, 1.54) is 18.2 Å². The molecule has 3 aromatic carbocycles. The molecule has 7 N–H and O–H groups in total. The van der Waals surface area contributed by atoms with Gasteiger partial charge in [0.1, 0.15) is 5.75 Å². The maximum atomic E-state index is 13.9. The van der Waals surface area contributed by atoms with Crippen LogP contribution in [0.25, 0.3) is 0 Å². The first-order valence-corrected chi connectivity index (χ1v) is 13.3. The predicted molar refractivity (Wildman–Crippen MR) is 147 cm³/mol. The Bertz CT molecular complexity index is 1170. The molecule has 0 aliphatic carbocycles. The van der Waals surface area contributed by atoms with Crippen molar-refractivity contribution in [3.63, 3.8) is 0 Å². The number of hydrogen-bond donors (Lipinski definition) is 7. The molecule has 0 bridgehead atoms. The molecule has 3 aromatic rings. The van der Waals surface area contributed by atoms with E-state index in [9.17, 15) is 29.9 Å². The predicted octanol–water partition coefficient (Wildman–Crippen LogP) is 4.66. The molecular formula is C30H39FN2O5. The lowest BCUT2D eigenvalue weighted by Crippen LogP contribution is -2.20. The van der Waals surface area contributed by atoms with Crippen LogP contribution in [0.15, 0.2) is 48.5 Å². The summed E-state index contributed by atoms with van der Waals surface area (Å²) in [5.41, 5.74) is 3.09. The first-order valence-electron chi connectivity index (χ1n) is 13.3. The molecule has 206 valence electrons. The summed E-state index contributed by atoms with van der Waals surface area (Å²) < 4.78 is 13.9. The van der Waals surface area contributed by atoms with Crippen LogP contribution in [0.5, 0.6) is 28.7 Å². The summed E-state index contributed by atoms with van der Waals surface area (Å²) in [5.74, 6) is -1.86. The lowest BCUT2D eigenvalue weighted by molar-refractivity contribution is 0.376. The molecule has 0 unspecified atom stereocenters. The van der Waals surface area contributed by atoms with Crippen LogP contribution in [0.1, 0.15) is 47.9 Å². The van der Waals surface area contributed by atoms with Gasteiger partial charge in [0.05, 0.1) is 0 Å². The van der Waals surface area contributed by atoms with E-state index < -0.39 is 17.3 Å². The largest absolute Gasteiger partial charge is 0.508 e. The Labute approximate surface area is 223 Å². The molecule has 0 amide bonds. The molecule has 7 nitrogen and oxygen atoms in total. The molecule has 0 atom stereocenters. The number of rotatable bonds is 16. The summed E-state index contributed by atoms with van der Waals surface area (Å²) in [6, 6.07) is 13.2. The fourth-order valence-corrected chi connectivity index (χ4v) is 4.50. The van der Waals surface area contributed by atoms with Crippen LogP contribution in [0.2, 0.25) is 0 Å². The summed E-state index contributed by atoms with van der Waals surface area (Å²) in [6.07, 6.45) is 6.68. The van der Waals surface area contributed by atoms with Gasteiger partial charge in [0.15, 0.2) is 28.8 Å². The van der Waals surface area contributed by atoms with E-state index in [1.807, 2.05) is 12.1 Å². The summed E-state index contributed by atoms with van der Waals surface area (Å²) in [6.45, 7) is 3.12. The maximum Gasteiger partial charge on any atom is 0.194 e. The van der Waals surface area contributed by atoms with Gasteiger partial charge in [0.25, 0.3) is 0 Å². The number of benzene rings is 3. The van der Waals surface area contributed by atoms with E-state index in [4.69, 9.17) is 0 Å². The summed E-state index contributed by atoms with van der Waals surface area (Å²) in [4.78, 5) is 0. The number of phenolic OH excluding ortho intramolecular Hbond substituents is 5. The highest BCUT2D eigenvalue weighted by Crippen LogP contribution is 2.33. The molecule has 0 aliphatic rings. The number of unbranched alkanes of at least 4 members (excludes halogenated alkanes) is 3. The van der Waals surface area contributed by atoms with Crippen molar-refractivity contribution in [1.29, 1.82) is 0 Å². The van der Waals surface area contributed by atoms with Crippen LogP contribution in [0, 0.1) is 5.82 Å². The van der Waals surface area contributed by atoms with Crippen LogP contribution < -0.4 is 10.6 Å². The molecule has 0 saturated heterocycles. The van der Waals surface area contributed by atoms with Gasteiger partial charge in [-0.3, -0.25) is 0 Å². The van der Waals surface area contributed by atoms with E-state index in [1.54, 1.807) is 18.2 Å². The quantitative estimate of drug-likeness (QED) is 0.107. The van der Waals surface area contributed by atoms with Crippen LogP contribution in [-0.4, -0.2) is 51.7 Å². The lowest BCUT2D eigenvalue weighted by atomic mass is 9.96. The molecule has 0 aromatic heterocycles. The van der Waals surface area contributed by atoms with Gasteiger partial charge < -0.3 is 36.2 Å². The number of aryl methyl sites for hydroxylation is 1. The Morgan fingerprint density at radius 3 is 1.84 bits per heavy atom. The van der Waals surface area contributed by atoms with Gasteiger partial charge >= 0.3 is 0 Å². The molecule has 0 fully saturated rings. The minimum absolute atomic E-state index is 0.0670. The number of aromatic hydroxyl groups is 5. The van der Waals surface area contributed by atoms with E-state index in [-0.39, 0.29) is 17.2 Å². The van der Waals surface area contributed by atoms with Gasteiger partial charge in [-0.2, -0.15) is 0 Å². The number of hydrogen-bond acceptors (Lipinski definition) is 7. The molecule has 38 heavy (non-hydrogen) atoms. The number of halogens is 1. The average molecular weight is 527 g/mol. The van der Waals surface area contributed by atoms with E-state index in [0.29, 0.717) is 31.4 Å². The highest BCUT2D eigenvalue weighted by atomic mass is 19.1. The molecule has 0 heterocycles. The Morgan fingerprint density at radius 2 is 1.18 bits per heavy atom. The molecule has 0 radical (unpaired) electrons. The van der Waals surface area contributed by atoms with Crippen molar-refractivity contribution in [1.82, 2.24) is 10.6 Å². The van der Waals surface area contributed by atoms with Crippen molar-refractivity contribution in [3.05, 3.63) is 76.6 Å². The topological polar surface area (TPSA) is 125 Å². The second-order valence-electron chi connectivity index (χ2n) is 9.56. The Morgan fingerprint density at radius 1 is 0.579 bits per heavy atom. The lowest BCUT2D eigenvalue weighted by Gasteiger charge is -2.14. The van der Waals surface area contributed by atoms with E-state index in [2.05, 4.69) is 10.6 Å². The SMILES string of the molecule is Oc1cccc(CCc2c(CCNCCCCCCNCCc3ccc(O)c(O)c3F)ccc(O)c2O)c1. The zero-order chi connectivity index (χ0) is 27.3. The summed E-state index contributed by atoms with van der Waals surface area (Å²) >= 11 is 0. The van der Waals surface area contributed by atoms with Crippen molar-refractivity contribution < 1.29 is 29.9 Å². The van der Waals surface area contributed by atoms with Gasteiger partial charge in [0, 0.05) is 5.56 Å². The minimum Gasteiger partial charge on any atom is -0.508 e. The first kappa shape index (κ1) is 29.1. The fourth-order valence-electron chi connectivity index (χ4n) is 4.50. The van der Waals surface area contributed by atoms with Gasteiger partial charge in [-0.05, 0) is 106 Å². The van der Waals surface area contributed by atoms with Gasteiger partial charge in [-0.25, -0.2) is 4.39 Å². The molecule has 0 spiro atoms. The van der Waals surface area contributed by atoms with Gasteiger partial charge in [-0.1, -0.05) is 37.1 Å². The Hall–Kier alpha value is -3.49. The van der Waals surface area contributed by atoms with Crippen LogP contribution in [-0.2, 0) is 25.7 Å². The fraction of sp³-hybridized carbons (Fsp3) is 0.400. The highest BCUT2D eigenvalue weighted by Gasteiger charge is 2.13. The van der Waals surface area contributed by atoms with Crippen LogP contribution in [0.3, 0.4) is 0 Å². The zero-order valence-electron chi connectivity index (χ0n) is 21.7. The molecule has 3 rings (SSSR count). The standard InChI is InChI=1S/C30H39FN2O5/c31-28-23(10-13-27(36)30(28)38)15-19-33-17-4-2-1-3-16-32-18-14-22-9-12-26(35)29(37)25(22)11-8-21-6-5-7-24(34)20-21/h5-7,9-10,12-13,20,32-38H,1-4,8,11,14-19H2. The normalized spacial score (nSPS) is 11.2. The average Bonchev–Trinajstić information content (AvgIpc) is 2.90. The Kier molecular flexibility index (Phi) is 11.5. The maximum absolute atomic E-state index is 13.9. The smallest absolute Gasteiger partial charge is 0.194 e. The van der Waals surface area contributed by atoms with E-state index in [0.717, 1.165) is 68.4 Å². The number of nitrogens with one attached hydrogen (secondary N) is 2.